The maximum absolute atomic E-state index is 6.08. The molecular weight excluding hydrogens is 172 g/mol. The van der Waals surface area contributed by atoms with Gasteiger partial charge in [-0.25, -0.2) is 0 Å². The van der Waals surface area contributed by atoms with E-state index >= 15 is 0 Å². The molecule has 0 fully saturated rings. The Kier molecular flexibility index (Phi) is 4.60. The van der Waals surface area contributed by atoms with Gasteiger partial charge in [0.05, 0.1) is 5.69 Å². The van der Waals surface area contributed by atoms with Crippen molar-refractivity contribution in [2.45, 2.75) is 39.2 Å². The maximum atomic E-state index is 6.08. The first-order valence-electron chi connectivity index (χ1n) is 5.44. The van der Waals surface area contributed by atoms with Crippen molar-refractivity contribution in [1.29, 1.82) is 0 Å². The SMILES string of the molecule is CCC(CC)CC(N)c1ccccn1. The molecule has 0 aliphatic carbocycles. The van der Waals surface area contributed by atoms with Crippen molar-refractivity contribution in [3.8, 4) is 0 Å². The summed E-state index contributed by atoms with van der Waals surface area (Å²) in [4.78, 5) is 4.28. The summed E-state index contributed by atoms with van der Waals surface area (Å²) < 4.78 is 0. The van der Waals surface area contributed by atoms with Gasteiger partial charge in [-0.1, -0.05) is 32.8 Å². The van der Waals surface area contributed by atoms with Gasteiger partial charge in [-0.05, 0) is 24.5 Å². The highest BCUT2D eigenvalue weighted by Crippen LogP contribution is 2.21. The lowest BCUT2D eigenvalue weighted by Gasteiger charge is -2.17. The number of rotatable bonds is 5. The van der Waals surface area contributed by atoms with Crippen LogP contribution in [0.25, 0.3) is 0 Å². The molecule has 0 amide bonds. The van der Waals surface area contributed by atoms with E-state index in [4.69, 9.17) is 5.73 Å². The van der Waals surface area contributed by atoms with E-state index in [9.17, 15) is 0 Å². The van der Waals surface area contributed by atoms with Gasteiger partial charge in [-0.3, -0.25) is 4.98 Å². The molecule has 2 heteroatoms. The molecular formula is C12H20N2. The van der Waals surface area contributed by atoms with Crippen molar-refractivity contribution in [3.05, 3.63) is 30.1 Å². The summed E-state index contributed by atoms with van der Waals surface area (Å²) in [6.07, 6.45) is 5.26. The summed E-state index contributed by atoms with van der Waals surface area (Å²) in [5.74, 6) is 0.729. The average molecular weight is 192 g/mol. The summed E-state index contributed by atoms with van der Waals surface area (Å²) in [5, 5.41) is 0. The number of hydrogen-bond acceptors (Lipinski definition) is 2. The van der Waals surface area contributed by atoms with Gasteiger partial charge in [0.2, 0.25) is 0 Å². The molecule has 1 heterocycles. The van der Waals surface area contributed by atoms with Crippen molar-refractivity contribution in [3.63, 3.8) is 0 Å². The van der Waals surface area contributed by atoms with Crippen LogP contribution in [-0.4, -0.2) is 4.98 Å². The quantitative estimate of drug-likeness (QED) is 0.779. The normalized spacial score (nSPS) is 13.1. The Bertz CT molecular complexity index is 242. The Balaban J connectivity index is 2.54. The summed E-state index contributed by atoms with van der Waals surface area (Å²) in [6, 6.07) is 6.02. The lowest BCUT2D eigenvalue weighted by Crippen LogP contribution is -2.16. The summed E-state index contributed by atoms with van der Waals surface area (Å²) >= 11 is 0. The van der Waals surface area contributed by atoms with Crippen molar-refractivity contribution in [2.75, 3.05) is 0 Å². The molecule has 2 nitrogen and oxygen atoms in total. The van der Waals surface area contributed by atoms with Crippen LogP contribution in [0.3, 0.4) is 0 Å². The third-order valence-corrected chi connectivity index (χ3v) is 2.81. The molecule has 1 unspecified atom stereocenters. The Morgan fingerprint density at radius 2 is 2.00 bits per heavy atom. The third kappa shape index (κ3) is 3.11. The molecule has 14 heavy (non-hydrogen) atoms. The molecule has 1 aromatic heterocycles. The van der Waals surface area contributed by atoms with Crippen molar-refractivity contribution < 1.29 is 0 Å². The van der Waals surface area contributed by atoms with Gasteiger partial charge in [-0.15, -0.1) is 0 Å². The highest BCUT2D eigenvalue weighted by atomic mass is 14.8. The van der Waals surface area contributed by atoms with Crippen molar-refractivity contribution >= 4 is 0 Å². The second-order valence-electron chi connectivity index (χ2n) is 3.78. The number of nitrogens with zero attached hydrogens (tertiary/aromatic N) is 1. The van der Waals surface area contributed by atoms with Gasteiger partial charge in [-0.2, -0.15) is 0 Å². The van der Waals surface area contributed by atoms with E-state index in [1.807, 2.05) is 24.4 Å². The van der Waals surface area contributed by atoms with E-state index in [0.717, 1.165) is 18.0 Å². The third-order valence-electron chi connectivity index (χ3n) is 2.81. The van der Waals surface area contributed by atoms with E-state index in [0.29, 0.717) is 0 Å². The van der Waals surface area contributed by atoms with Crippen LogP contribution in [0.2, 0.25) is 0 Å². The molecule has 78 valence electrons. The van der Waals surface area contributed by atoms with E-state index in [2.05, 4.69) is 18.8 Å². The van der Waals surface area contributed by atoms with Gasteiger partial charge in [0, 0.05) is 12.2 Å². The summed E-state index contributed by atoms with van der Waals surface area (Å²) in [5.41, 5.74) is 7.10. The smallest absolute Gasteiger partial charge is 0.0571 e. The van der Waals surface area contributed by atoms with Crippen LogP contribution in [0.15, 0.2) is 24.4 Å². The fourth-order valence-corrected chi connectivity index (χ4v) is 1.70. The van der Waals surface area contributed by atoms with Gasteiger partial charge in [0.1, 0.15) is 0 Å². The highest BCUT2D eigenvalue weighted by Gasteiger charge is 2.12. The molecule has 1 aromatic rings. The standard InChI is InChI=1S/C12H20N2/c1-3-10(4-2)9-11(13)12-7-5-6-8-14-12/h5-8,10-11H,3-4,9,13H2,1-2H3. The van der Waals surface area contributed by atoms with Crippen LogP contribution in [0.1, 0.15) is 44.8 Å². The Labute approximate surface area is 86.5 Å². The van der Waals surface area contributed by atoms with Crippen LogP contribution in [0, 0.1) is 5.92 Å². The van der Waals surface area contributed by atoms with Crippen LogP contribution in [0.5, 0.6) is 0 Å². The monoisotopic (exact) mass is 192 g/mol. The summed E-state index contributed by atoms with van der Waals surface area (Å²) in [6.45, 7) is 4.44. The second-order valence-corrected chi connectivity index (χ2v) is 3.78. The van der Waals surface area contributed by atoms with Crippen LogP contribution < -0.4 is 5.73 Å². The zero-order valence-electron chi connectivity index (χ0n) is 9.11. The zero-order chi connectivity index (χ0) is 10.4. The van der Waals surface area contributed by atoms with E-state index in [1.54, 1.807) is 0 Å². The van der Waals surface area contributed by atoms with E-state index < -0.39 is 0 Å². The minimum Gasteiger partial charge on any atom is -0.323 e. The molecule has 1 atom stereocenters. The van der Waals surface area contributed by atoms with Gasteiger partial charge in [0.15, 0.2) is 0 Å². The fraction of sp³-hybridized carbons (Fsp3) is 0.583. The van der Waals surface area contributed by atoms with Gasteiger partial charge < -0.3 is 5.73 Å². The number of nitrogens with two attached hydrogens (primary N) is 1. The first-order valence-corrected chi connectivity index (χ1v) is 5.44. The minimum absolute atomic E-state index is 0.0982. The maximum Gasteiger partial charge on any atom is 0.0571 e. The summed E-state index contributed by atoms with van der Waals surface area (Å²) in [7, 11) is 0. The molecule has 0 saturated heterocycles. The molecule has 0 aromatic carbocycles. The second kappa shape index (κ2) is 5.76. The lowest BCUT2D eigenvalue weighted by atomic mass is 9.93. The minimum atomic E-state index is 0.0982. The first kappa shape index (κ1) is 11.2. The molecule has 0 saturated carbocycles. The van der Waals surface area contributed by atoms with Crippen molar-refractivity contribution in [2.24, 2.45) is 11.7 Å². The first-order chi connectivity index (χ1) is 6.77. The molecule has 0 aliphatic rings. The largest absolute Gasteiger partial charge is 0.323 e. The number of pyridine rings is 1. The Morgan fingerprint density at radius 3 is 2.50 bits per heavy atom. The number of aromatic nitrogens is 1. The van der Waals surface area contributed by atoms with Crippen LogP contribution in [-0.2, 0) is 0 Å². The van der Waals surface area contributed by atoms with Gasteiger partial charge >= 0.3 is 0 Å². The van der Waals surface area contributed by atoms with Crippen molar-refractivity contribution in [1.82, 2.24) is 4.98 Å². The molecule has 0 bridgehead atoms. The molecule has 1 rings (SSSR count). The van der Waals surface area contributed by atoms with E-state index in [1.165, 1.54) is 12.8 Å². The molecule has 2 N–H and O–H groups in total. The average Bonchev–Trinajstić information content (AvgIpc) is 2.26. The van der Waals surface area contributed by atoms with Crippen LogP contribution in [0.4, 0.5) is 0 Å². The van der Waals surface area contributed by atoms with Gasteiger partial charge in [0.25, 0.3) is 0 Å². The number of hydrogen-bond donors (Lipinski definition) is 1. The molecule has 0 aliphatic heterocycles. The Hall–Kier alpha value is -0.890. The molecule has 0 spiro atoms. The lowest BCUT2D eigenvalue weighted by molar-refractivity contribution is 0.411. The van der Waals surface area contributed by atoms with E-state index in [-0.39, 0.29) is 6.04 Å². The fourth-order valence-electron chi connectivity index (χ4n) is 1.70. The Morgan fingerprint density at radius 1 is 1.29 bits per heavy atom. The predicted molar refractivity (Wildman–Crippen MR) is 59.9 cm³/mol. The molecule has 0 radical (unpaired) electrons. The topological polar surface area (TPSA) is 38.9 Å². The zero-order valence-corrected chi connectivity index (χ0v) is 9.11. The highest BCUT2D eigenvalue weighted by molar-refractivity contribution is 5.07. The van der Waals surface area contributed by atoms with Crippen LogP contribution >= 0.6 is 0 Å². The predicted octanol–water partition coefficient (Wildman–Crippen LogP) is 2.91.